The molecule has 39 heavy (non-hydrogen) atoms. The minimum absolute atomic E-state index is 0.184. The van der Waals surface area contributed by atoms with Gasteiger partial charge in [-0.1, -0.05) is 55.8 Å². The molecule has 0 saturated carbocycles. The van der Waals surface area contributed by atoms with Gasteiger partial charge in [-0.3, -0.25) is 4.98 Å². The molecule has 0 radical (unpaired) electrons. The highest BCUT2D eigenvalue weighted by molar-refractivity contribution is 5.92. The maximum absolute atomic E-state index is 15.4. The standard InChI is InChI=1S/C33H31FN4O/c1-20(2)13-15-33-18-21-19-36-39-29(21)17-22(33)11-12-26-30(25-8-3-5-9-27(25)34)37-32(38-31(26)33)24-14-16-35-28-10-6-4-7-23(24)28/h3-10,14,16,19-20,22H,11-13,15,17-18H2,1-2H3/t22-,33-/m1/s1. The van der Waals surface area contributed by atoms with Crippen molar-refractivity contribution in [3.63, 3.8) is 0 Å². The lowest BCUT2D eigenvalue weighted by atomic mass is 9.56. The first-order valence-corrected chi connectivity index (χ1v) is 14.0. The van der Waals surface area contributed by atoms with Crippen molar-refractivity contribution in [3.8, 4) is 22.6 Å². The molecular formula is C33H31FN4O. The maximum atomic E-state index is 15.4. The number of halogens is 1. The van der Waals surface area contributed by atoms with E-state index in [2.05, 4.69) is 30.1 Å². The van der Waals surface area contributed by atoms with Crippen LogP contribution in [0.3, 0.4) is 0 Å². The van der Waals surface area contributed by atoms with Gasteiger partial charge in [-0.25, -0.2) is 14.4 Å². The summed E-state index contributed by atoms with van der Waals surface area (Å²) in [5.41, 5.74) is 6.22. The minimum Gasteiger partial charge on any atom is -0.361 e. The van der Waals surface area contributed by atoms with Crippen LogP contribution in [0.15, 0.2) is 71.5 Å². The van der Waals surface area contributed by atoms with Crippen LogP contribution in [0, 0.1) is 17.7 Å². The molecule has 0 unspecified atom stereocenters. The molecule has 2 aromatic carbocycles. The van der Waals surface area contributed by atoms with E-state index in [1.165, 1.54) is 11.6 Å². The average Bonchev–Trinajstić information content (AvgIpc) is 3.41. The summed E-state index contributed by atoms with van der Waals surface area (Å²) in [7, 11) is 0. The van der Waals surface area contributed by atoms with Gasteiger partial charge in [0.2, 0.25) is 0 Å². The van der Waals surface area contributed by atoms with Crippen molar-refractivity contribution < 1.29 is 8.91 Å². The van der Waals surface area contributed by atoms with E-state index in [-0.39, 0.29) is 11.2 Å². The highest BCUT2D eigenvalue weighted by atomic mass is 19.1. The molecule has 2 aliphatic rings. The third-order valence-electron chi connectivity index (χ3n) is 8.86. The Morgan fingerprint density at radius 2 is 1.87 bits per heavy atom. The van der Waals surface area contributed by atoms with E-state index in [9.17, 15) is 0 Å². The largest absolute Gasteiger partial charge is 0.361 e. The van der Waals surface area contributed by atoms with Crippen LogP contribution in [0.1, 0.15) is 55.7 Å². The molecule has 7 rings (SSSR count). The first kappa shape index (κ1) is 24.1. The van der Waals surface area contributed by atoms with Gasteiger partial charge in [0.25, 0.3) is 0 Å². The van der Waals surface area contributed by atoms with E-state index in [1.807, 2.05) is 48.8 Å². The Morgan fingerprint density at radius 3 is 2.74 bits per heavy atom. The van der Waals surface area contributed by atoms with Gasteiger partial charge in [-0.15, -0.1) is 0 Å². The summed E-state index contributed by atoms with van der Waals surface area (Å²) < 4.78 is 21.1. The Balaban J connectivity index is 1.52. The van der Waals surface area contributed by atoms with Crippen LogP contribution in [-0.2, 0) is 24.7 Å². The van der Waals surface area contributed by atoms with Crippen molar-refractivity contribution in [2.24, 2.45) is 11.8 Å². The molecule has 5 aromatic rings. The van der Waals surface area contributed by atoms with E-state index >= 15 is 4.39 Å². The normalized spacial score (nSPS) is 20.1. The van der Waals surface area contributed by atoms with Crippen LogP contribution < -0.4 is 0 Å². The van der Waals surface area contributed by atoms with Crippen molar-refractivity contribution in [2.75, 3.05) is 0 Å². The Kier molecular flexibility index (Phi) is 5.80. The maximum Gasteiger partial charge on any atom is 0.160 e. The molecule has 0 N–H and O–H groups in total. The van der Waals surface area contributed by atoms with Crippen molar-refractivity contribution in [2.45, 2.75) is 57.8 Å². The molecule has 3 aromatic heterocycles. The molecule has 0 spiro atoms. The molecule has 5 nitrogen and oxygen atoms in total. The lowest BCUT2D eigenvalue weighted by Gasteiger charge is -2.47. The lowest BCUT2D eigenvalue weighted by Crippen LogP contribution is -2.46. The van der Waals surface area contributed by atoms with Gasteiger partial charge in [-0.2, -0.15) is 0 Å². The Morgan fingerprint density at radius 1 is 1.03 bits per heavy atom. The van der Waals surface area contributed by atoms with E-state index in [4.69, 9.17) is 14.5 Å². The first-order valence-electron chi connectivity index (χ1n) is 14.0. The fourth-order valence-corrected chi connectivity index (χ4v) is 6.85. The predicted octanol–water partition coefficient (Wildman–Crippen LogP) is 7.52. The molecule has 0 amide bonds. The fourth-order valence-electron chi connectivity index (χ4n) is 6.85. The van der Waals surface area contributed by atoms with Gasteiger partial charge in [0.15, 0.2) is 5.82 Å². The number of hydrogen-bond donors (Lipinski definition) is 0. The molecular weight excluding hydrogens is 487 g/mol. The number of hydrogen-bond acceptors (Lipinski definition) is 5. The van der Waals surface area contributed by atoms with E-state index in [0.717, 1.165) is 72.0 Å². The molecule has 0 fully saturated rings. The summed E-state index contributed by atoms with van der Waals surface area (Å²) in [6.45, 7) is 4.56. The van der Waals surface area contributed by atoms with E-state index in [1.54, 1.807) is 6.07 Å². The molecule has 0 bridgehead atoms. The van der Waals surface area contributed by atoms with Crippen LogP contribution in [0.25, 0.3) is 33.5 Å². The summed E-state index contributed by atoms with van der Waals surface area (Å²) in [6.07, 6.45) is 9.29. The smallest absolute Gasteiger partial charge is 0.160 e. The zero-order chi connectivity index (χ0) is 26.6. The van der Waals surface area contributed by atoms with Gasteiger partial charge < -0.3 is 4.52 Å². The van der Waals surface area contributed by atoms with Crippen molar-refractivity contribution in [3.05, 3.63) is 95.4 Å². The summed E-state index contributed by atoms with van der Waals surface area (Å²) >= 11 is 0. The van der Waals surface area contributed by atoms with Gasteiger partial charge in [0.05, 0.1) is 23.1 Å². The number of nitrogens with zero attached hydrogens (tertiary/aromatic N) is 4. The van der Waals surface area contributed by atoms with E-state index in [0.29, 0.717) is 28.9 Å². The van der Waals surface area contributed by atoms with Gasteiger partial charge in [0, 0.05) is 45.7 Å². The summed E-state index contributed by atoms with van der Waals surface area (Å²) in [6, 6.07) is 17.0. The highest BCUT2D eigenvalue weighted by Crippen LogP contribution is 2.53. The molecule has 196 valence electrons. The number of benzene rings is 2. The van der Waals surface area contributed by atoms with Crippen LogP contribution >= 0.6 is 0 Å². The summed E-state index contributed by atoms with van der Waals surface area (Å²) in [5.74, 6) is 2.33. The van der Waals surface area contributed by atoms with Crippen molar-refractivity contribution in [1.29, 1.82) is 0 Å². The molecule has 3 heterocycles. The second-order valence-corrected chi connectivity index (χ2v) is 11.6. The second-order valence-electron chi connectivity index (χ2n) is 11.6. The van der Waals surface area contributed by atoms with Gasteiger partial charge >= 0.3 is 0 Å². The second kappa shape index (κ2) is 9.37. The topological polar surface area (TPSA) is 64.7 Å². The SMILES string of the molecule is CC(C)CC[C@@]12Cc3cnoc3C[C@H]1CCc1c(-c3ccccc3F)nc(-c3ccnc4ccccc34)nc12. The van der Waals surface area contributed by atoms with Crippen LogP contribution in [0.4, 0.5) is 4.39 Å². The van der Waals surface area contributed by atoms with Crippen LogP contribution in [0.5, 0.6) is 0 Å². The monoisotopic (exact) mass is 518 g/mol. The fraction of sp³-hybridized carbons (Fsp3) is 0.333. The molecule has 6 heteroatoms. The number of pyridine rings is 1. The zero-order valence-electron chi connectivity index (χ0n) is 22.3. The third kappa shape index (κ3) is 3.96. The van der Waals surface area contributed by atoms with Gasteiger partial charge in [-0.05, 0) is 61.8 Å². The molecule has 2 atom stereocenters. The molecule has 0 aliphatic heterocycles. The number of fused-ring (bicyclic) bond motifs is 5. The summed E-state index contributed by atoms with van der Waals surface area (Å²) in [5, 5.41) is 5.15. The van der Waals surface area contributed by atoms with E-state index < -0.39 is 0 Å². The predicted molar refractivity (Wildman–Crippen MR) is 150 cm³/mol. The molecule has 2 aliphatic carbocycles. The average molecular weight is 519 g/mol. The number of aromatic nitrogens is 4. The highest BCUT2D eigenvalue weighted by Gasteiger charge is 2.50. The third-order valence-corrected chi connectivity index (χ3v) is 8.86. The zero-order valence-corrected chi connectivity index (χ0v) is 22.3. The quantitative estimate of drug-likeness (QED) is 0.241. The van der Waals surface area contributed by atoms with Crippen LogP contribution in [-0.4, -0.2) is 20.1 Å². The van der Waals surface area contributed by atoms with Crippen LogP contribution in [0.2, 0.25) is 0 Å². The Bertz CT molecular complexity index is 1690. The number of para-hydroxylation sites is 1. The Hall–Kier alpha value is -3.93. The van der Waals surface area contributed by atoms with Gasteiger partial charge in [0.1, 0.15) is 11.6 Å². The summed E-state index contributed by atoms with van der Waals surface area (Å²) in [4.78, 5) is 15.1. The number of rotatable bonds is 5. The molecule has 0 saturated heterocycles. The minimum atomic E-state index is -0.257. The lowest BCUT2D eigenvalue weighted by molar-refractivity contribution is 0.166. The first-order chi connectivity index (χ1) is 19.0. The van der Waals surface area contributed by atoms with Crippen molar-refractivity contribution >= 4 is 10.9 Å². The van der Waals surface area contributed by atoms with Crippen molar-refractivity contribution in [1.82, 2.24) is 20.1 Å². The Labute approximate surface area is 227 Å².